The Labute approximate surface area is 205 Å². The first-order chi connectivity index (χ1) is 17.2. The molecule has 9 nitrogen and oxygen atoms in total. The largest absolute Gasteiger partial charge is 0.438 e. The van der Waals surface area contributed by atoms with Gasteiger partial charge in [-0.05, 0) is 50.0 Å². The zero-order valence-electron chi connectivity index (χ0n) is 19.6. The number of likely N-dealkylation sites (tertiary alicyclic amines) is 1. The van der Waals surface area contributed by atoms with Crippen LogP contribution in [0.1, 0.15) is 35.2 Å². The number of pyridine rings is 2. The maximum absolute atomic E-state index is 13.4. The average Bonchev–Trinajstić information content (AvgIpc) is 3.44. The molecule has 5 N–H and O–H groups in total. The molecule has 0 spiro atoms. The maximum Gasteiger partial charge on any atom is 0.393 e. The Hall–Kier alpha value is -3.38. The highest BCUT2D eigenvalue weighted by Gasteiger charge is 2.44. The van der Waals surface area contributed by atoms with Gasteiger partial charge >= 0.3 is 6.18 Å². The summed E-state index contributed by atoms with van der Waals surface area (Å²) in [7, 11) is 0. The fourth-order valence-corrected chi connectivity index (χ4v) is 5.06. The third kappa shape index (κ3) is 4.96. The Morgan fingerprint density at radius 1 is 1.22 bits per heavy atom. The number of nitrogens with zero attached hydrogens (tertiary/aromatic N) is 4. The van der Waals surface area contributed by atoms with E-state index in [-0.39, 0.29) is 36.6 Å². The molecule has 0 bridgehead atoms. The van der Waals surface area contributed by atoms with Crippen molar-refractivity contribution in [1.82, 2.24) is 14.9 Å². The van der Waals surface area contributed by atoms with E-state index in [9.17, 15) is 18.0 Å². The first-order valence-electron chi connectivity index (χ1n) is 11.9. The zero-order valence-corrected chi connectivity index (χ0v) is 19.6. The van der Waals surface area contributed by atoms with E-state index in [1.54, 1.807) is 12.3 Å². The quantitative estimate of drug-likeness (QED) is 0.484. The number of hydrogen-bond donors (Lipinski definition) is 3. The minimum Gasteiger partial charge on any atom is -0.438 e. The van der Waals surface area contributed by atoms with Gasteiger partial charge in [0.2, 0.25) is 5.88 Å². The van der Waals surface area contributed by atoms with E-state index >= 15 is 0 Å². The first-order valence-corrected chi connectivity index (χ1v) is 11.9. The minimum absolute atomic E-state index is 0.0658. The molecule has 0 radical (unpaired) electrons. The van der Waals surface area contributed by atoms with Crippen molar-refractivity contribution < 1.29 is 22.4 Å². The number of nitrogen functional groups attached to an aromatic ring is 1. The van der Waals surface area contributed by atoms with Gasteiger partial charge in [0.05, 0.1) is 23.5 Å². The molecule has 2 fully saturated rings. The van der Waals surface area contributed by atoms with Crippen LogP contribution in [0.3, 0.4) is 0 Å². The van der Waals surface area contributed by atoms with Gasteiger partial charge in [-0.15, -0.1) is 0 Å². The lowest BCUT2D eigenvalue weighted by Gasteiger charge is -2.39. The van der Waals surface area contributed by atoms with Crippen LogP contribution >= 0.6 is 0 Å². The molecule has 36 heavy (non-hydrogen) atoms. The Balaban J connectivity index is 1.38. The van der Waals surface area contributed by atoms with Crippen LogP contribution in [0.2, 0.25) is 0 Å². The Bertz CT molecular complexity index is 1260. The lowest BCUT2D eigenvalue weighted by atomic mass is 9.93. The minimum atomic E-state index is -4.36. The van der Waals surface area contributed by atoms with Crippen molar-refractivity contribution in [2.75, 3.05) is 42.1 Å². The lowest BCUT2D eigenvalue weighted by molar-refractivity contribution is -0.177. The summed E-state index contributed by atoms with van der Waals surface area (Å²) < 4.78 is 46.0. The number of amides is 1. The second-order valence-electron chi connectivity index (χ2n) is 9.50. The molecule has 0 saturated carbocycles. The number of nitrogens with two attached hydrogens (primary N) is 2. The molecule has 2 saturated heterocycles. The summed E-state index contributed by atoms with van der Waals surface area (Å²) in [6, 6.07) is 2.73. The van der Waals surface area contributed by atoms with E-state index in [1.165, 1.54) is 30.1 Å². The summed E-state index contributed by atoms with van der Waals surface area (Å²) in [5, 5.41) is 2.73. The fourth-order valence-electron chi connectivity index (χ4n) is 5.06. The van der Waals surface area contributed by atoms with Gasteiger partial charge in [0.1, 0.15) is 11.1 Å². The molecule has 0 aliphatic carbocycles. The van der Waals surface area contributed by atoms with Crippen LogP contribution in [0, 0.1) is 5.92 Å². The molecule has 192 valence electrons. The van der Waals surface area contributed by atoms with E-state index in [2.05, 4.69) is 20.2 Å². The SMILES string of the molecule is Nc1oc2cc(CN3CCCC3)cnc2c1C(=O)Nc1cnccc1N1CC(N)CC(C(F)(F)F)C1. The Kier molecular flexibility index (Phi) is 6.47. The zero-order chi connectivity index (χ0) is 25.4. The molecular weight excluding hydrogens is 475 g/mol. The second-order valence-corrected chi connectivity index (χ2v) is 9.50. The smallest absolute Gasteiger partial charge is 0.393 e. The van der Waals surface area contributed by atoms with E-state index in [0.29, 0.717) is 16.8 Å². The van der Waals surface area contributed by atoms with Crippen molar-refractivity contribution in [3.05, 3.63) is 41.9 Å². The number of anilines is 3. The third-order valence-electron chi connectivity index (χ3n) is 6.78. The molecule has 2 unspecified atom stereocenters. The van der Waals surface area contributed by atoms with Gasteiger partial charge in [0.15, 0.2) is 5.58 Å². The molecule has 2 aliphatic heterocycles. The van der Waals surface area contributed by atoms with Crippen LogP contribution in [0.15, 0.2) is 35.1 Å². The van der Waals surface area contributed by atoms with Crippen LogP contribution < -0.4 is 21.7 Å². The van der Waals surface area contributed by atoms with Gasteiger partial charge in [-0.2, -0.15) is 13.2 Å². The van der Waals surface area contributed by atoms with E-state index in [1.807, 2.05) is 6.07 Å². The number of nitrogens with one attached hydrogen (secondary N) is 1. The molecule has 5 heterocycles. The van der Waals surface area contributed by atoms with Crippen LogP contribution in [-0.4, -0.2) is 59.2 Å². The average molecular weight is 504 g/mol. The number of furan rings is 1. The van der Waals surface area contributed by atoms with Gasteiger partial charge in [-0.3, -0.25) is 19.7 Å². The molecule has 3 aromatic rings. The Morgan fingerprint density at radius 3 is 2.75 bits per heavy atom. The van der Waals surface area contributed by atoms with Crippen molar-refractivity contribution in [3.63, 3.8) is 0 Å². The van der Waals surface area contributed by atoms with Gasteiger partial charge < -0.3 is 26.1 Å². The van der Waals surface area contributed by atoms with Crippen LogP contribution in [0.5, 0.6) is 0 Å². The number of halogens is 3. The standard InChI is InChI=1S/C24H28F3N7O2/c25-24(26,27)15-8-16(28)13-34(12-15)18-3-4-30-10-17(18)32-23(35)20-21-19(36-22(20)29)7-14(9-31-21)11-33-5-1-2-6-33/h3-4,7,9-10,15-16H,1-2,5-6,8,11-13,28-29H2,(H,32,35). The second kappa shape index (κ2) is 9.58. The van der Waals surface area contributed by atoms with Gasteiger partial charge in [-0.1, -0.05) is 0 Å². The van der Waals surface area contributed by atoms with Crippen molar-refractivity contribution in [3.8, 4) is 0 Å². The summed E-state index contributed by atoms with van der Waals surface area (Å²) >= 11 is 0. The number of rotatable bonds is 5. The number of hydrogen-bond acceptors (Lipinski definition) is 8. The molecule has 1 amide bonds. The van der Waals surface area contributed by atoms with Crippen molar-refractivity contribution in [2.45, 2.75) is 38.0 Å². The van der Waals surface area contributed by atoms with Crippen LogP contribution in [0.25, 0.3) is 11.1 Å². The molecular formula is C24H28F3N7O2. The van der Waals surface area contributed by atoms with Gasteiger partial charge in [0.25, 0.3) is 5.91 Å². The van der Waals surface area contributed by atoms with Gasteiger partial charge in [0, 0.05) is 38.1 Å². The number of piperidine rings is 1. The molecule has 5 rings (SSSR count). The van der Waals surface area contributed by atoms with E-state index in [4.69, 9.17) is 15.9 Å². The highest BCUT2D eigenvalue weighted by Crippen LogP contribution is 2.37. The van der Waals surface area contributed by atoms with E-state index in [0.717, 1.165) is 25.2 Å². The highest BCUT2D eigenvalue weighted by molar-refractivity contribution is 6.15. The molecule has 0 aromatic carbocycles. The predicted molar refractivity (Wildman–Crippen MR) is 129 cm³/mol. The number of fused-ring (bicyclic) bond motifs is 1. The summed E-state index contributed by atoms with van der Waals surface area (Å²) in [6.45, 7) is 2.76. The van der Waals surface area contributed by atoms with Crippen molar-refractivity contribution in [1.29, 1.82) is 0 Å². The summed E-state index contributed by atoms with van der Waals surface area (Å²) in [5.74, 6) is -2.24. The molecule has 12 heteroatoms. The number of carbonyl (C=O) groups excluding carboxylic acids is 1. The van der Waals surface area contributed by atoms with Crippen molar-refractivity contribution >= 4 is 34.3 Å². The maximum atomic E-state index is 13.4. The van der Waals surface area contributed by atoms with Crippen molar-refractivity contribution in [2.24, 2.45) is 11.7 Å². The first kappa shape index (κ1) is 24.3. The summed E-state index contributed by atoms with van der Waals surface area (Å²) in [5.41, 5.74) is 14.4. The third-order valence-corrected chi connectivity index (χ3v) is 6.78. The Morgan fingerprint density at radius 2 is 2.00 bits per heavy atom. The predicted octanol–water partition coefficient (Wildman–Crippen LogP) is 3.37. The fraction of sp³-hybridized carbons (Fsp3) is 0.458. The lowest BCUT2D eigenvalue weighted by Crippen LogP contribution is -2.51. The number of carbonyl (C=O) groups is 1. The number of alkyl halides is 3. The topological polar surface area (TPSA) is 127 Å². The monoisotopic (exact) mass is 503 g/mol. The summed E-state index contributed by atoms with van der Waals surface area (Å²) in [4.78, 5) is 25.6. The molecule has 2 aliphatic rings. The molecule has 2 atom stereocenters. The number of aromatic nitrogens is 2. The van der Waals surface area contributed by atoms with Crippen LogP contribution in [0.4, 0.5) is 30.4 Å². The molecule has 3 aromatic heterocycles. The summed E-state index contributed by atoms with van der Waals surface area (Å²) in [6.07, 6.45) is 2.38. The normalized spacial score (nSPS) is 21.3. The van der Waals surface area contributed by atoms with Gasteiger partial charge in [-0.25, -0.2) is 0 Å². The van der Waals surface area contributed by atoms with Crippen LogP contribution in [-0.2, 0) is 6.54 Å². The highest BCUT2D eigenvalue weighted by atomic mass is 19.4. The van der Waals surface area contributed by atoms with E-state index < -0.39 is 24.0 Å².